The molecule has 0 amide bonds. The van der Waals surface area contributed by atoms with E-state index in [4.69, 9.17) is 5.11 Å². The molecule has 0 saturated carbocycles. The van der Waals surface area contributed by atoms with E-state index in [1.165, 1.54) is 0 Å². The van der Waals surface area contributed by atoms with Crippen molar-refractivity contribution >= 4 is 0 Å². The number of piperidine rings is 1. The average Bonchev–Trinajstić information content (AvgIpc) is 2.27. The summed E-state index contributed by atoms with van der Waals surface area (Å²) in [5.74, 6) is -1.92. The smallest absolute Gasteiger partial charge is 0.165 e. The van der Waals surface area contributed by atoms with E-state index < -0.39 is 17.4 Å². The summed E-state index contributed by atoms with van der Waals surface area (Å²) in [5.41, 5.74) is 0.328. The molecule has 1 fully saturated rings. The zero-order chi connectivity index (χ0) is 11.5. The first kappa shape index (κ1) is 11.3. The second kappa shape index (κ2) is 4.78. The van der Waals surface area contributed by atoms with Crippen molar-refractivity contribution in [1.29, 1.82) is 0 Å². The fourth-order valence-electron chi connectivity index (χ4n) is 2.10. The average molecular weight is 227 g/mol. The van der Waals surface area contributed by atoms with E-state index in [0.717, 1.165) is 37.9 Å². The van der Waals surface area contributed by atoms with Crippen molar-refractivity contribution in [3.8, 4) is 5.75 Å². The Labute approximate surface area is 93.3 Å². The summed E-state index contributed by atoms with van der Waals surface area (Å²) in [6.45, 7) is 0.937. The molecule has 0 aromatic heterocycles. The second-order valence-corrected chi connectivity index (χ2v) is 4.25. The summed E-state index contributed by atoms with van der Waals surface area (Å²) in [5, 5.41) is 12.3. The Kier molecular flexibility index (Phi) is 3.39. The predicted molar refractivity (Wildman–Crippen MR) is 57.4 cm³/mol. The first-order valence-corrected chi connectivity index (χ1v) is 5.57. The van der Waals surface area contributed by atoms with Crippen LogP contribution >= 0.6 is 0 Å². The van der Waals surface area contributed by atoms with E-state index >= 15 is 0 Å². The predicted octanol–water partition coefficient (Wildman–Crippen LogP) is 2.35. The van der Waals surface area contributed by atoms with Crippen LogP contribution in [0, 0.1) is 11.6 Å². The fraction of sp³-hybridized carbons (Fsp3) is 0.500. The summed E-state index contributed by atoms with van der Waals surface area (Å²) in [6.07, 6.45) is 3.73. The lowest BCUT2D eigenvalue weighted by Gasteiger charge is -2.23. The van der Waals surface area contributed by atoms with Gasteiger partial charge in [0.05, 0.1) is 0 Å². The molecule has 4 heteroatoms. The topological polar surface area (TPSA) is 32.3 Å². The molecule has 1 saturated heterocycles. The number of rotatable bonds is 2. The number of hydrogen-bond donors (Lipinski definition) is 2. The number of nitrogens with one attached hydrogen (secondary N) is 1. The number of phenolic OH excluding ortho intramolecular Hbond substituents is 1. The van der Waals surface area contributed by atoms with Crippen LogP contribution in [0.4, 0.5) is 8.78 Å². The lowest BCUT2D eigenvalue weighted by atomic mass is 9.97. The second-order valence-electron chi connectivity index (χ2n) is 4.25. The molecular formula is C12H15F2NO. The highest BCUT2D eigenvalue weighted by Gasteiger charge is 2.16. The summed E-state index contributed by atoms with van der Waals surface area (Å²) in [4.78, 5) is 0. The molecule has 2 rings (SSSR count). The van der Waals surface area contributed by atoms with Gasteiger partial charge in [0.25, 0.3) is 0 Å². The number of hydrogen-bond acceptors (Lipinski definition) is 2. The van der Waals surface area contributed by atoms with Gasteiger partial charge in [-0.15, -0.1) is 0 Å². The molecule has 0 bridgehead atoms. The number of benzene rings is 1. The highest BCUT2D eigenvalue weighted by atomic mass is 19.1. The third-order valence-corrected chi connectivity index (χ3v) is 2.99. The first-order valence-electron chi connectivity index (χ1n) is 5.57. The summed E-state index contributed by atoms with van der Waals surface area (Å²) < 4.78 is 26.5. The van der Waals surface area contributed by atoms with E-state index in [2.05, 4.69) is 5.32 Å². The van der Waals surface area contributed by atoms with Crippen LogP contribution in [-0.4, -0.2) is 17.7 Å². The number of aromatic hydroxyl groups is 1. The van der Waals surface area contributed by atoms with Crippen LogP contribution in [0.1, 0.15) is 24.8 Å². The minimum Gasteiger partial charge on any atom is -0.505 e. The van der Waals surface area contributed by atoms with Crippen molar-refractivity contribution in [3.05, 3.63) is 29.3 Å². The van der Waals surface area contributed by atoms with Gasteiger partial charge in [-0.1, -0.05) is 6.42 Å². The van der Waals surface area contributed by atoms with Gasteiger partial charge in [-0.2, -0.15) is 0 Å². The Morgan fingerprint density at radius 1 is 1.25 bits per heavy atom. The van der Waals surface area contributed by atoms with Gasteiger partial charge < -0.3 is 10.4 Å². The third-order valence-electron chi connectivity index (χ3n) is 2.99. The highest BCUT2D eigenvalue weighted by Crippen LogP contribution is 2.22. The lowest BCUT2D eigenvalue weighted by molar-refractivity contribution is 0.391. The van der Waals surface area contributed by atoms with Gasteiger partial charge >= 0.3 is 0 Å². The van der Waals surface area contributed by atoms with Crippen LogP contribution in [0.25, 0.3) is 0 Å². The summed E-state index contributed by atoms with van der Waals surface area (Å²) >= 11 is 0. The lowest BCUT2D eigenvalue weighted by Crippen LogP contribution is -2.35. The molecule has 16 heavy (non-hydrogen) atoms. The Hall–Kier alpha value is -1.16. The van der Waals surface area contributed by atoms with Gasteiger partial charge in [-0.05, 0) is 37.4 Å². The van der Waals surface area contributed by atoms with Crippen molar-refractivity contribution in [2.75, 3.05) is 6.54 Å². The quantitative estimate of drug-likeness (QED) is 0.812. The van der Waals surface area contributed by atoms with E-state index in [1.807, 2.05) is 0 Å². The molecule has 1 heterocycles. The summed E-state index contributed by atoms with van der Waals surface area (Å²) in [7, 11) is 0. The number of phenols is 1. The van der Waals surface area contributed by atoms with Crippen molar-refractivity contribution in [2.24, 2.45) is 0 Å². The first-order chi connectivity index (χ1) is 7.66. The van der Waals surface area contributed by atoms with Crippen LogP contribution in [0.2, 0.25) is 0 Å². The molecule has 1 aromatic rings. The van der Waals surface area contributed by atoms with E-state index in [1.54, 1.807) is 0 Å². The summed E-state index contributed by atoms with van der Waals surface area (Å²) in [6, 6.07) is 2.14. The van der Waals surface area contributed by atoms with Gasteiger partial charge in [-0.3, -0.25) is 0 Å². The maximum atomic E-state index is 13.4. The Balaban J connectivity index is 2.11. The van der Waals surface area contributed by atoms with Gasteiger partial charge in [0.1, 0.15) is 5.82 Å². The number of halogens is 2. The zero-order valence-electron chi connectivity index (χ0n) is 8.97. The Bertz CT molecular complexity index is 376. The molecule has 0 spiro atoms. The Morgan fingerprint density at radius 2 is 2.06 bits per heavy atom. The largest absolute Gasteiger partial charge is 0.505 e. The molecule has 1 aromatic carbocycles. The van der Waals surface area contributed by atoms with Crippen molar-refractivity contribution in [1.82, 2.24) is 5.32 Å². The standard InChI is InChI=1S/C12H15F2NO/c13-10-7-12(16)11(14)6-8(10)5-9-3-1-2-4-15-9/h6-7,9,15-16H,1-5H2. The van der Waals surface area contributed by atoms with Crippen molar-refractivity contribution in [3.63, 3.8) is 0 Å². The van der Waals surface area contributed by atoms with Crippen LogP contribution in [-0.2, 0) is 6.42 Å². The normalized spacial score (nSPS) is 21.0. The fourth-order valence-corrected chi connectivity index (χ4v) is 2.10. The molecule has 0 aliphatic carbocycles. The molecule has 1 atom stereocenters. The molecule has 0 radical (unpaired) electrons. The zero-order valence-corrected chi connectivity index (χ0v) is 8.97. The highest BCUT2D eigenvalue weighted by molar-refractivity contribution is 5.30. The van der Waals surface area contributed by atoms with Crippen LogP contribution in [0.5, 0.6) is 5.75 Å². The van der Waals surface area contributed by atoms with Gasteiger partial charge in [0.2, 0.25) is 0 Å². The third kappa shape index (κ3) is 2.50. The molecule has 88 valence electrons. The maximum Gasteiger partial charge on any atom is 0.165 e. The molecule has 1 aliphatic heterocycles. The minimum absolute atomic E-state index is 0.215. The molecular weight excluding hydrogens is 212 g/mol. The maximum absolute atomic E-state index is 13.4. The van der Waals surface area contributed by atoms with Crippen LogP contribution in [0.15, 0.2) is 12.1 Å². The minimum atomic E-state index is -0.757. The van der Waals surface area contributed by atoms with Crippen LogP contribution < -0.4 is 5.32 Å². The SMILES string of the molecule is Oc1cc(F)c(CC2CCCCN2)cc1F. The van der Waals surface area contributed by atoms with E-state index in [-0.39, 0.29) is 6.04 Å². The van der Waals surface area contributed by atoms with Gasteiger partial charge in [-0.25, -0.2) is 8.78 Å². The van der Waals surface area contributed by atoms with Crippen LogP contribution in [0.3, 0.4) is 0 Å². The monoisotopic (exact) mass is 227 g/mol. The van der Waals surface area contributed by atoms with Gasteiger partial charge in [0.15, 0.2) is 11.6 Å². The molecule has 2 nitrogen and oxygen atoms in total. The van der Waals surface area contributed by atoms with E-state index in [9.17, 15) is 8.78 Å². The Morgan fingerprint density at radius 3 is 2.75 bits per heavy atom. The molecule has 1 unspecified atom stereocenters. The molecule has 1 aliphatic rings. The van der Waals surface area contributed by atoms with E-state index in [0.29, 0.717) is 12.0 Å². The van der Waals surface area contributed by atoms with Crippen molar-refractivity contribution < 1.29 is 13.9 Å². The van der Waals surface area contributed by atoms with Gasteiger partial charge in [0, 0.05) is 12.1 Å². The molecule has 2 N–H and O–H groups in total. The van der Waals surface area contributed by atoms with Crippen molar-refractivity contribution in [2.45, 2.75) is 31.7 Å².